The molecule has 2 rings (SSSR count). The van der Waals surface area contributed by atoms with Crippen LogP contribution in [0.1, 0.15) is 36.8 Å². The average Bonchev–Trinajstić information content (AvgIpc) is 2.81. The largest absolute Gasteiger partial charge is 0.384 e. The van der Waals surface area contributed by atoms with E-state index in [4.69, 9.17) is 5.73 Å². The van der Waals surface area contributed by atoms with Crippen molar-refractivity contribution < 1.29 is 4.79 Å². The van der Waals surface area contributed by atoms with Gasteiger partial charge in [-0.25, -0.2) is 4.68 Å². The molecule has 0 aliphatic heterocycles. The monoisotopic (exact) mass is 286 g/mol. The fourth-order valence-corrected chi connectivity index (χ4v) is 2.16. The van der Waals surface area contributed by atoms with Crippen molar-refractivity contribution in [2.75, 3.05) is 12.8 Å². The van der Waals surface area contributed by atoms with Crippen LogP contribution in [0, 0.1) is 0 Å². The number of anilines is 1. The number of carbonyl (C=O) groups is 1. The molecule has 5 nitrogen and oxygen atoms in total. The minimum absolute atomic E-state index is 0.131. The van der Waals surface area contributed by atoms with Gasteiger partial charge in [-0.3, -0.25) is 4.79 Å². The van der Waals surface area contributed by atoms with Gasteiger partial charge >= 0.3 is 0 Å². The Morgan fingerprint density at radius 2 is 1.90 bits per heavy atom. The molecule has 0 aliphatic carbocycles. The lowest BCUT2D eigenvalue weighted by molar-refractivity contribution is 0.0777. The first kappa shape index (κ1) is 15.1. The Bertz CT molecular complexity index is 625. The minimum Gasteiger partial charge on any atom is -0.384 e. The maximum atomic E-state index is 12.4. The lowest BCUT2D eigenvalue weighted by Crippen LogP contribution is -2.28. The van der Waals surface area contributed by atoms with E-state index >= 15 is 0 Å². The van der Waals surface area contributed by atoms with Crippen molar-refractivity contribution >= 4 is 11.7 Å². The molecule has 0 atom stereocenters. The quantitative estimate of drug-likeness (QED) is 0.942. The van der Waals surface area contributed by atoms with E-state index in [1.807, 2.05) is 51.1 Å². The van der Waals surface area contributed by atoms with Gasteiger partial charge in [0.05, 0.1) is 5.54 Å². The van der Waals surface area contributed by atoms with Crippen molar-refractivity contribution in [1.82, 2.24) is 14.7 Å². The predicted octanol–water partition coefficient (Wildman–Crippen LogP) is 2.49. The molecule has 0 radical (unpaired) electrons. The van der Waals surface area contributed by atoms with Crippen LogP contribution in [0.3, 0.4) is 0 Å². The number of carbonyl (C=O) groups excluding carboxylic acids is 1. The fraction of sp³-hybridized carbons (Fsp3) is 0.375. The fourth-order valence-electron chi connectivity index (χ4n) is 2.16. The number of nitrogens with two attached hydrogens (primary N) is 1. The molecule has 0 spiro atoms. The van der Waals surface area contributed by atoms with Crippen molar-refractivity contribution in [2.24, 2.45) is 0 Å². The van der Waals surface area contributed by atoms with E-state index in [2.05, 4.69) is 5.10 Å². The molecule has 0 fully saturated rings. The van der Waals surface area contributed by atoms with E-state index in [-0.39, 0.29) is 11.4 Å². The van der Waals surface area contributed by atoms with Gasteiger partial charge in [-0.15, -0.1) is 0 Å². The number of nitrogens with zero attached hydrogens (tertiary/aromatic N) is 3. The van der Waals surface area contributed by atoms with Crippen LogP contribution in [-0.2, 0) is 12.1 Å². The molecule has 0 saturated carbocycles. The summed E-state index contributed by atoms with van der Waals surface area (Å²) in [5.41, 5.74) is 7.15. The van der Waals surface area contributed by atoms with E-state index < -0.39 is 0 Å². The molecule has 5 heteroatoms. The molecule has 112 valence electrons. The third-order valence-electron chi connectivity index (χ3n) is 3.20. The highest BCUT2D eigenvalue weighted by Gasteiger charge is 2.22. The molecule has 2 N–H and O–H groups in total. The number of hydrogen-bond acceptors (Lipinski definition) is 3. The van der Waals surface area contributed by atoms with Crippen molar-refractivity contribution in [1.29, 1.82) is 0 Å². The first-order valence-corrected chi connectivity index (χ1v) is 6.94. The predicted molar refractivity (Wildman–Crippen MR) is 83.9 cm³/mol. The summed E-state index contributed by atoms with van der Waals surface area (Å²) in [5.74, 6) is 0.368. The molecular formula is C16H22N4O. The van der Waals surface area contributed by atoms with Crippen LogP contribution in [0.2, 0.25) is 0 Å². The SMILES string of the molecule is CN(Cc1ccccc1)C(=O)c1cc(N)n(C(C)(C)C)n1. The number of hydrogen-bond donors (Lipinski definition) is 1. The van der Waals surface area contributed by atoms with Crippen LogP contribution < -0.4 is 5.73 Å². The summed E-state index contributed by atoms with van der Waals surface area (Å²) in [6.45, 7) is 6.54. The number of benzene rings is 1. The molecule has 1 heterocycles. The first-order chi connectivity index (χ1) is 9.79. The van der Waals surface area contributed by atoms with Crippen molar-refractivity contribution in [3.63, 3.8) is 0 Å². The standard InChI is InChI=1S/C16H22N4O/c1-16(2,3)20-14(17)10-13(18-20)15(21)19(4)11-12-8-6-5-7-9-12/h5-10H,11,17H2,1-4H3. The van der Waals surface area contributed by atoms with Gasteiger partial charge in [0.15, 0.2) is 5.69 Å². The van der Waals surface area contributed by atoms with E-state index in [0.29, 0.717) is 18.1 Å². The van der Waals surface area contributed by atoms with Crippen LogP contribution in [-0.4, -0.2) is 27.6 Å². The van der Waals surface area contributed by atoms with E-state index in [1.165, 1.54) is 0 Å². The molecule has 0 aliphatic rings. The Kier molecular flexibility index (Phi) is 4.02. The Hall–Kier alpha value is -2.30. The van der Waals surface area contributed by atoms with Crippen molar-refractivity contribution in [3.8, 4) is 0 Å². The molecule has 2 aromatic rings. The normalized spacial score (nSPS) is 11.4. The van der Waals surface area contributed by atoms with Crippen LogP contribution in [0.4, 0.5) is 5.82 Å². The summed E-state index contributed by atoms with van der Waals surface area (Å²) in [7, 11) is 1.77. The molecule has 0 unspecified atom stereocenters. The summed E-state index contributed by atoms with van der Waals surface area (Å²) >= 11 is 0. The van der Waals surface area contributed by atoms with E-state index in [0.717, 1.165) is 5.56 Å². The lowest BCUT2D eigenvalue weighted by Gasteiger charge is -2.20. The molecule has 1 aromatic heterocycles. The van der Waals surface area contributed by atoms with Gasteiger partial charge in [-0.05, 0) is 26.3 Å². The zero-order valence-electron chi connectivity index (χ0n) is 13.0. The average molecular weight is 286 g/mol. The second-order valence-electron chi connectivity index (χ2n) is 6.18. The first-order valence-electron chi connectivity index (χ1n) is 6.94. The Labute approximate surface area is 125 Å². The Morgan fingerprint density at radius 3 is 2.43 bits per heavy atom. The third-order valence-corrected chi connectivity index (χ3v) is 3.20. The second kappa shape index (κ2) is 5.60. The Morgan fingerprint density at radius 1 is 1.29 bits per heavy atom. The molecule has 1 aromatic carbocycles. The van der Waals surface area contributed by atoms with Crippen LogP contribution in [0.5, 0.6) is 0 Å². The number of aromatic nitrogens is 2. The maximum absolute atomic E-state index is 12.4. The highest BCUT2D eigenvalue weighted by molar-refractivity contribution is 5.92. The number of amides is 1. The highest BCUT2D eigenvalue weighted by atomic mass is 16.2. The molecule has 1 amide bonds. The van der Waals surface area contributed by atoms with E-state index in [1.54, 1.807) is 22.7 Å². The van der Waals surface area contributed by atoms with Crippen molar-refractivity contribution in [2.45, 2.75) is 32.9 Å². The minimum atomic E-state index is -0.249. The topological polar surface area (TPSA) is 64.2 Å². The molecular weight excluding hydrogens is 264 g/mol. The zero-order chi connectivity index (χ0) is 15.6. The Balaban J connectivity index is 2.17. The third kappa shape index (κ3) is 3.42. The summed E-state index contributed by atoms with van der Waals surface area (Å²) in [6, 6.07) is 11.5. The van der Waals surface area contributed by atoms with Gasteiger partial charge in [0.1, 0.15) is 5.82 Å². The van der Waals surface area contributed by atoms with Gasteiger partial charge in [0.2, 0.25) is 0 Å². The number of rotatable bonds is 3. The summed E-state index contributed by atoms with van der Waals surface area (Å²) < 4.78 is 1.68. The molecule has 21 heavy (non-hydrogen) atoms. The number of nitrogen functional groups attached to an aromatic ring is 1. The summed E-state index contributed by atoms with van der Waals surface area (Å²) in [4.78, 5) is 14.1. The van der Waals surface area contributed by atoms with Crippen molar-refractivity contribution in [3.05, 3.63) is 47.7 Å². The van der Waals surface area contributed by atoms with Crippen LogP contribution in [0.25, 0.3) is 0 Å². The lowest BCUT2D eigenvalue weighted by atomic mass is 10.1. The van der Waals surface area contributed by atoms with Crippen LogP contribution in [0.15, 0.2) is 36.4 Å². The molecule has 0 bridgehead atoms. The highest BCUT2D eigenvalue weighted by Crippen LogP contribution is 2.19. The second-order valence-corrected chi connectivity index (χ2v) is 6.18. The van der Waals surface area contributed by atoms with Crippen LogP contribution >= 0.6 is 0 Å². The summed E-state index contributed by atoms with van der Waals surface area (Å²) in [5, 5.41) is 4.34. The van der Waals surface area contributed by atoms with Gasteiger partial charge in [-0.1, -0.05) is 30.3 Å². The van der Waals surface area contributed by atoms with Gasteiger partial charge < -0.3 is 10.6 Å². The summed E-state index contributed by atoms with van der Waals surface area (Å²) in [6.07, 6.45) is 0. The van der Waals surface area contributed by atoms with Gasteiger partial charge in [0, 0.05) is 19.7 Å². The van der Waals surface area contributed by atoms with E-state index in [9.17, 15) is 4.79 Å². The maximum Gasteiger partial charge on any atom is 0.274 e. The molecule has 0 saturated heterocycles. The van der Waals surface area contributed by atoms with Gasteiger partial charge in [-0.2, -0.15) is 5.10 Å². The zero-order valence-corrected chi connectivity index (χ0v) is 13.0. The van der Waals surface area contributed by atoms with Gasteiger partial charge in [0.25, 0.3) is 5.91 Å². The smallest absolute Gasteiger partial charge is 0.274 e.